The number of rotatable bonds is 4. The Morgan fingerprint density at radius 2 is 2.42 bits per heavy atom. The predicted molar refractivity (Wildman–Crippen MR) is 74.9 cm³/mol. The Bertz CT molecular complexity index is 469. The number of carbonyl (C=O) groups excluding carboxylic acids is 1. The average molecular weight is 329 g/mol. The van der Waals surface area contributed by atoms with E-state index in [1.807, 2.05) is 4.90 Å². The van der Waals surface area contributed by atoms with Crippen molar-refractivity contribution in [2.45, 2.75) is 25.8 Å². The maximum Gasteiger partial charge on any atom is 0.242 e. The van der Waals surface area contributed by atoms with Crippen molar-refractivity contribution in [1.29, 1.82) is 0 Å². The van der Waals surface area contributed by atoms with Crippen molar-refractivity contribution in [3.63, 3.8) is 0 Å². The largest absolute Gasteiger partial charge is 0.377 e. The molecule has 19 heavy (non-hydrogen) atoms. The summed E-state index contributed by atoms with van der Waals surface area (Å²) in [7, 11) is 0. The number of ether oxygens (including phenoxy) is 1. The van der Waals surface area contributed by atoms with Gasteiger partial charge in [-0.3, -0.25) is 4.79 Å². The van der Waals surface area contributed by atoms with E-state index in [-0.39, 0.29) is 0 Å². The first-order valence-electron chi connectivity index (χ1n) is 6.29. The Balaban J connectivity index is 2.30. The van der Waals surface area contributed by atoms with Crippen LogP contribution in [0.4, 0.5) is 5.82 Å². The van der Waals surface area contributed by atoms with E-state index in [1.165, 1.54) is 0 Å². The highest BCUT2D eigenvalue weighted by Crippen LogP contribution is 2.21. The van der Waals surface area contributed by atoms with E-state index in [0.29, 0.717) is 19.8 Å². The summed E-state index contributed by atoms with van der Waals surface area (Å²) in [5.74, 6) is 1.09. The second-order valence-electron chi connectivity index (χ2n) is 4.40. The van der Waals surface area contributed by atoms with Gasteiger partial charge in [-0.1, -0.05) is 6.92 Å². The number of nitrogens with two attached hydrogens (primary N) is 1. The van der Waals surface area contributed by atoms with Gasteiger partial charge in [-0.05, 0) is 22.4 Å². The Kier molecular flexibility index (Phi) is 4.71. The molecule has 1 amide bonds. The molecule has 2 heterocycles. The second kappa shape index (κ2) is 6.29. The zero-order chi connectivity index (χ0) is 13.8. The van der Waals surface area contributed by atoms with E-state index in [9.17, 15) is 4.79 Å². The molecule has 2 N–H and O–H groups in total. The van der Waals surface area contributed by atoms with Gasteiger partial charge in [0, 0.05) is 19.0 Å². The van der Waals surface area contributed by atoms with Crippen LogP contribution >= 0.6 is 15.9 Å². The van der Waals surface area contributed by atoms with Crippen molar-refractivity contribution < 1.29 is 9.53 Å². The number of hydrogen-bond acceptors (Lipinski definition) is 5. The van der Waals surface area contributed by atoms with E-state index >= 15 is 0 Å². The SMILES string of the molecule is CCCc1nc(Br)cc(N2CCOCC2C(N)=O)n1. The molecule has 1 aromatic rings. The van der Waals surface area contributed by atoms with Gasteiger partial charge in [-0.25, -0.2) is 9.97 Å². The molecule has 104 valence electrons. The standard InChI is InChI=1S/C12H17BrN4O2/c1-2-3-10-15-9(13)6-11(16-10)17-4-5-19-7-8(17)12(14)18/h6,8H,2-5,7H2,1H3,(H2,14,18). The summed E-state index contributed by atoms with van der Waals surface area (Å²) in [5.41, 5.74) is 5.41. The maximum atomic E-state index is 11.5. The van der Waals surface area contributed by atoms with Crippen LogP contribution in [0.15, 0.2) is 10.7 Å². The lowest BCUT2D eigenvalue weighted by Crippen LogP contribution is -2.53. The van der Waals surface area contributed by atoms with E-state index in [4.69, 9.17) is 10.5 Å². The first-order chi connectivity index (χ1) is 9.11. The number of aromatic nitrogens is 2. The Morgan fingerprint density at radius 3 is 3.11 bits per heavy atom. The first-order valence-corrected chi connectivity index (χ1v) is 7.08. The van der Waals surface area contributed by atoms with Crippen molar-refractivity contribution in [3.05, 3.63) is 16.5 Å². The maximum absolute atomic E-state index is 11.5. The van der Waals surface area contributed by atoms with Crippen LogP contribution in [0, 0.1) is 0 Å². The van der Waals surface area contributed by atoms with Crippen LogP contribution in [0.3, 0.4) is 0 Å². The van der Waals surface area contributed by atoms with E-state index < -0.39 is 11.9 Å². The summed E-state index contributed by atoms with van der Waals surface area (Å²) in [5, 5.41) is 0. The Morgan fingerprint density at radius 1 is 1.63 bits per heavy atom. The van der Waals surface area contributed by atoms with Crippen molar-refractivity contribution in [1.82, 2.24) is 9.97 Å². The molecular formula is C12H17BrN4O2. The molecule has 0 spiro atoms. The molecule has 0 radical (unpaired) electrons. The molecule has 7 heteroatoms. The molecule has 2 rings (SSSR count). The summed E-state index contributed by atoms with van der Waals surface area (Å²) in [6, 6.07) is 1.34. The minimum Gasteiger partial charge on any atom is -0.377 e. The number of carbonyl (C=O) groups is 1. The molecule has 1 fully saturated rings. The molecule has 0 aliphatic carbocycles. The fourth-order valence-electron chi connectivity index (χ4n) is 2.05. The molecule has 1 unspecified atom stereocenters. The lowest BCUT2D eigenvalue weighted by atomic mass is 10.2. The van der Waals surface area contributed by atoms with Crippen molar-refractivity contribution in [2.75, 3.05) is 24.7 Å². The fourth-order valence-corrected chi connectivity index (χ4v) is 2.46. The van der Waals surface area contributed by atoms with E-state index in [2.05, 4.69) is 32.8 Å². The van der Waals surface area contributed by atoms with Crippen LogP contribution in [-0.4, -0.2) is 41.7 Å². The van der Waals surface area contributed by atoms with Crippen LogP contribution in [0.1, 0.15) is 19.2 Å². The van der Waals surface area contributed by atoms with E-state index in [0.717, 1.165) is 29.1 Å². The van der Waals surface area contributed by atoms with Gasteiger partial charge in [0.1, 0.15) is 22.3 Å². The summed E-state index contributed by atoms with van der Waals surface area (Å²) in [6.07, 6.45) is 1.77. The van der Waals surface area contributed by atoms with Crippen LogP contribution in [0.5, 0.6) is 0 Å². The molecule has 1 aliphatic heterocycles. The average Bonchev–Trinajstić information content (AvgIpc) is 2.38. The number of amides is 1. The molecule has 1 aromatic heterocycles. The van der Waals surface area contributed by atoms with Gasteiger partial charge in [0.15, 0.2) is 0 Å². The smallest absolute Gasteiger partial charge is 0.242 e. The third-order valence-corrected chi connectivity index (χ3v) is 3.36. The quantitative estimate of drug-likeness (QED) is 0.830. The third-order valence-electron chi connectivity index (χ3n) is 2.95. The molecule has 1 saturated heterocycles. The van der Waals surface area contributed by atoms with Gasteiger partial charge in [-0.15, -0.1) is 0 Å². The lowest BCUT2D eigenvalue weighted by molar-refractivity contribution is -0.121. The second-order valence-corrected chi connectivity index (χ2v) is 5.21. The predicted octanol–water partition coefficient (Wildman–Crippen LogP) is 0.882. The summed E-state index contributed by atoms with van der Waals surface area (Å²) < 4.78 is 6.02. The van der Waals surface area contributed by atoms with Gasteiger partial charge in [0.25, 0.3) is 0 Å². The first kappa shape index (κ1) is 14.2. The Hall–Kier alpha value is -1.21. The third kappa shape index (κ3) is 3.42. The lowest BCUT2D eigenvalue weighted by Gasteiger charge is -2.34. The molecule has 1 aliphatic rings. The number of hydrogen-bond donors (Lipinski definition) is 1. The number of nitrogens with zero attached hydrogens (tertiary/aromatic N) is 3. The van der Waals surface area contributed by atoms with Crippen LogP contribution in [0.25, 0.3) is 0 Å². The summed E-state index contributed by atoms with van der Waals surface area (Å²) in [6.45, 7) is 3.54. The highest BCUT2D eigenvalue weighted by Gasteiger charge is 2.29. The number of anilines is 1. The van der Waals surface area contributed by atoms with Crippen LogP contribution < -0.4 is 10.6 Å². The Labute approximate surface area is 120 Å². The fraction of sp³-hybridized carbons (Fsp3) is 0.583. The topological polar surface area (TPSA) is 81.3 Å². The van der Waals surface area contributed by atoms with Crippen molar-refractivity contribution in [3.8, 4) is 0 Å². The van der Waals surface area contributed by atoms with Gasteiger partial charge in [-0.2, -0.15) is 0 Å². The zero-order valence-electron chi connectivity index (χ0n) is 10.8. The summed E-state index contributed by atoms with van der Waals surface area (Å²) in [4.78, 5) is 22.2. The number of primary amides is 1. The summed E-state index contributed by atoms with van der Waals surface area (Å²) >= 11 is 3.38. The molecule has 0 aromatic carbocycles. The minimum atomic E-state index is -0.468. The highest BCUT2D eigenvalue weighted by atomic mass is 79.9. The molecule has 6 nitrogen and oxygen atoms in total. The van der Waals surface area contributed by atoms with Gasteiger partial charge < -0.3 is 15.4 Å². The number of morpholine rings is 1. The van der Waals surface area contributed by atoms with Gasteiger partial charge in [0.05, 0.1) is 13.2 Å². The normalized spacial score (nSPS) is 19.5. The molecular weight excluding hydrogens is 312 g/mol. The van der Waals surface area contributed by atoms with Crippen molar-refractivity contribution in [2.24, 2.45) is 5.73 Å². The molecule has 0 saturated carbocycles. The highest BCUT2D eigenvalue weighted by molar-refractivity contribution is 9.10. The van der Waals surface area contributed by atoms with E-state index in [1.54, 1.807) is 6.07 Å². The number of aryl methyl sites for hydroxylation is 1. The monoisotopic (exact) mass is 328 g/mol. The number of halogens is 1. The minimum absolute atomic E-state index is 0.306. The van der Waals surface area contributed by atoms with Gasteiger partial charge >= 0.3 is 0 Å². The molecule has 1 atom stereocenters. The molecule has 0 bridgehead atoms. The van der Waals surface area contributed by atoms with Gasteiger partial charge in [0.2, 0.25) is 5.91 Å². The zero-order valence-corrected chi connectivity index (χ0v) is 12.4. The van der Waals surface area contributed by atoms with Crippen LogP contribution in [0.2, 0.25) is 0 Å². The van der Waals surface area contributed by atoms with Crippen molar-refractivity contribution >= 4 is 27.7 Å². The van der Waals surface area contributed by atoms with Crippen LogP contribution in [-0.2, 0) is 16.0 Å².